The predicted octanol–water partition coefficient (Wildman–Crippen LogP) is 2.32. The van der Waals surface area contributed by atoms with Crippen molar-refractivity contribution < 1.29 is 14.0 Å². The van der Waals surface area contributed by atoms with Gasteiger partial charge < -0.3 is 14.6 Å². The van der Waals surface area contributed by atoms with Gasteiger partial charge in [-0.05, 0) is 37.8 Å². The van der Waals surface area contributed by atoms with E-state index in [-0.39, 0.29) is 24.3 Å². The molecule has 1 aromatic rings. The molecule has 2 amide bonds. The van der Waals surface area contributed by atoms with Crippen molar-refractivity contribution in [2.75, 3.05) is 26.7 Å². The molecule has 1 atom stereocenters. The van der Waals surface area contributed by atoms with Crippen LogP contribution in [0.25, 0.3) is 0 Å². The fourth-order valence-electron chi connectivity index (χ4n) is 4.12. The summed E-state index contributed by atoms with van der Waals surface area (Å²) in [5.41, 5.74) is 0. The molecule has 1 unspecified atom stereocenters. The van der Waals surface area contributed by atoms with Crippen LogP contribution in [-0.4, -0.2) is 54.3 Å². The van der Waals surface area contributed by atoms with Crippen LogP contribution in [0.5, 0.6) is 0 Å². The molecule has 144 valence electrons. The molecule has 1 aliphatic heterocycles. The van der Waals surface area contributed by atoms with Gasteiger partial charge in [0.25, 0.3) is 0 Å². The van der Waals surface area contributed by atoms with E-state index in [9.17, 15) is 9.59 Å². The lowest BCUT2D eigenvalue weighted by atomic mass is 9.88. The Morgan fingerprint density at radius 1 is 1.31 bits per heavy atom. The third-order valence-electron chi connectivity index (χ3n) is 5.64. The lowest BCUT2D eigenvalue weighted by molar-refractivity contribution is -0.138. The van der Waals surface area contributed by atoms with Crippen LogP contribution in [0.4, 0.5) is 0 Å². The van der Waals surface area contributed by atoms with Gasteiger partial charge in [-0.25, -0.2) is 0 Å². The predicted molar refractivity (Wildman–Crippen MR) is 99.5 cm³/mol. The summed E-state index contributed by atoms with van der Waals surface area (Å²) >= 11 is 0. The Hall–Kier alpha value is -1.82. The molecular weight excluding hydrogens is 330 g/mol. The molecule has 26 heavy (non-hydrogen) atoms. The van der Waals surface area contributed by atoms with Crippen LogP contribution in [0.15, 0.2) is 16.5 Å². The van der Waals surface area contributed by atoms with E-state index in [2.05, 4.69) is 10.2 Å². The zero-order valence-corrected chi connectivity index (χ0v) is 16.0. The standard InChI is InChI=1S/C20H31N3O3/c1-15-8-9-17(26-15)14-22(2)19(24)12-18-20(25)21-10-11-23(18)13-16-6-4-3-5-7-16/h8-9,16,18H,3-7,10-14H2,1-2H3,(H,21,25). The Morgan fingerprint density at radius 2 is 2.08 bits per heavy atom. The van der Waals surface area contributed by atoms with Crippen molar-refractivity contribution in [3.8, 4) is 0 Å². The fourth-order valence-corrected chi connectivity index (χ4v) is 4.12. The average molecular weight is 361 g/mol. The fraction of sp³-hybridized carbons (Fsp3) is 0.700. The van der Waals surface area contributed by atoms with Gasteiger partial charge in [-0.1, -0.05) is 19.3 Å². The summed E-state index contributed by atoms with van der Waals surface area (Å²) in [4.78, 5) is 29.0. The van der Waals surface area contributed by atoms with Gasteiger partial charge in [0.05, 0.1) is 19.0 Å². The first-order valence-electron chi connectivity index (χ1n) is 9.84. The second-order valence-electron chi connectivity index (χ2n) is 7.77. The molecule has 2 fully saturated rings. The number of piperazine rings is 1. The summed E-state index contributed by atoms with van der Waals surface area (Å²) in [7, 11) is 1.77. The maximum Gasteiger partial charge on any atom is 0.237 e. The van der Waals surface area contributed by atoms with Gasteiger partial charge in [0, 0.05) is 26.7 Å². The molecule has 0 spiro atoms. The molecule has 6 nitrogen and oxygen atoms in total. The molecule has 1 N–H and O–H groups in total. The Balaban J connectivity index is 1.58. The maximum absolute atomic E-state index is 12.7. The van der Waals surface area contributed by atoms with E-state index in [0.717, 1.165) is 24.6 Å². The Morgan fingerprint density at radius 3 is 2.77 bits per heavy atom. The summed E-state index contributed by atoms with van der Waals surface area (Å²) in [6.07, 6.45) is 6.64. The van der Waals surface area contributed by atoms with Crippen LogP contribution in [-0.2, 0) is 16.1 Å². The van der Waals surface area contributed by atoms with Crippen molar-refractivity contribution in [2.45, 2.75) is 58.0 Å². The molecular formula is C20H31N3O3. The molecule has 0 radical (unpaired) electrons. The summed E-state index contributed by atoms with van der Waals surface area (Å²) in [5.74, 6) is 2.24. The summed E-state index contributed by atoms with van der Waals surface area (Å²) < 4.78 is 5.55. The summed E-state index contributed by atoms with van der Waals surface area (Å²) in [6, 6.07) is 3.44. The number of amides is 2. The SMILES string of the molecule is Cc1ccc(CN(C)C(=O)CC2C(=O)NCCN2CC2CCCCC2)o1. The highest BCUT2D eigenvalue weighted by Crippen LogP contribution is 2.26. The van der Waals surface area contributed by atoms with Crippen LogP contribution < -0.4 is 5.32 Å². The van der Waals surface area contributed by atoms with Crippen LogP contribution in [0.3, 0.4) is 0 Å². The van der Waals surface area contributed by atoms with Gasteiger partial charge in [0.15, 0.2) is 0 Å². The second-order valence-corrected chi connectivity index (χ2v) is 7.77. The highest BCUT2D eigenvalue weighted by molar-refractivity contribution is 5.88. The van der Waals surface area contributed by atoms with E-state index < -0.39 is 0 Å². The number of carbonyl (C=O) groups excluding carboxylic acids is 2. The normalized spacial score (nSPS) is 22.2. The van der Waals surface area contributed by atoms with Crippen molar-refractivity contribution in [2.24, 2.45) is 5.92 Å². The van der Waals surface area contributed by atoms with Gasteiger partial charge >= 0.3 is 0 Å². The monoisotopic (exact) mass is 361 g/mol. The Bertz CT molecular complexity index is 622. The first kappa shape index (κ1) is 19.0. The van der Waals surface area contributed by atoms with Crippen LogP contribution in [0, 0.1) is 12.8 Å². The zero-order chi connectivity index (χ0) is 18.5. The third kappa shape index (κ3) is 4.87. The quantitative estimate of drug-likeness (QED) is 0.844. The highest BCUT2D eigenvalue weighted by atomic mass is 16.3. The number of aryl methyl sites for hydroxylation is 1. The largest absolute Gasteiger partial charge is 0.464 e. The molecule has 0 aromatic carbocycles. The van der Waals surface area contributed by atoms with Crippen molar-refractivity contribution >= 4 is 11.8 Å². The molecule has 1 saturated heterocycles. The molecule has 3 rings (SSSR count). The van der Waals surface area contributed by atoms with Crippen LogP contribution >= 0.6 is 0 Å². The number of nitrogens with zero attached hydrogens (tertiary/aromatic N) is 2. The van der Waals surface area contributed by atoms with Crippen molar-refractivity contribution in [1.82, 2.24) is 15.1 Å². The van der Waals surface area contributed by atoms with E-state index in [1.807, 2.05) is 19.1 Å². The van der Waals surface area contributed by atoms with E-state index in [1.165, 1.54) is 32.1 Å². The Kier molecular flexibility index (Phi) is 6.35. The van der Waals surface area contributed by atoms with Crippen molar-refractivity contribution in [3.05, 3.63) is 23.7 Å². The minimum Gasteiger partial charge on any atom is -0.464 e. The molecule has 1 aromatic heterocycles. The third-order valence-corrected chi connectivity index (χ3v) is 5.64. The summed E-state index contributed by atoms with van der Waals surface area (Å²) in [5, 5.41) is 2.93. The number of furan rings is 1. The second kappa shape index (κ2) is 8.71. The first-order valence-corrected chi connectivity index (χ1v) is 9.84. The van der Waals surface area contributed by atoms with E-state index in [1.54, 1.807) is 11.9 Å². The first-order chi connectivity index (χ1) is 12.5. The van der Waals surface area contributed by atoms with Gasteiger partial charge in [0.2, 0.25) is 11.8 Å². The smallest absolute Gasteiger partial charge is 0.237 e. The van der Waals surface area contributed by atoms with Crippen molar-refractivity contribution in [3.63, 3.8) is 0 Å². The van der Waals surface area contributed by atoms with Crippen molar-refractivity contribution in [1.29, 1.82) is 0 Å². The van der Waals surface area contributed by atoms with Gasteiger partial charge in [0.1, 0.15) is 11.5 Å². The molecule has 2 heterocycles. The van der Waals surface area contributed by atoms with Gasteiger partial charge in [-0.15, -0.1) is 0 Å². The molecule has 2 aliphatic rings. The zero-order valence-electron chi connectivity index (χ0n) is 16.0. The molecule has 1 aliphatic carbocycles. The number of carbonyl (C=O) groups is 2. The number of rotatable bonds is 6. The van der Waals surface area contributed by atoms with E-state index in [4.69, 9.17) is 4.42 Å². The van der Waals surface area contributed by atoms with Gasteiger partial charge in [-0.3, -0.25) is 14.5 Å². The number of nitrogens with one attached hydrogen (secondary N) is 1. The topological polar surface area (TPSA) is 65.8 Å². The molecule has 1 saturated carbocycles. The van der Waals surface area contributed by atoms with Gasteiger partial charge in [-0.2, -0.15) is 0 Å². The summed E-state index contributed by atoms with van der Waals surface area (Å²) in [6.45, 7) is 4.77. The average Bonchev–Trinajstić information content (AvgIpc) is 3.03. The maximum atomic E-state index is 12.7. The minimum atomic E-state index is -0.348. The lowest BCUT2D eigenvalue weighted by Crippen LogP contribution is -2.57. The van der Waals surface area contributed by atoms with E-state index in [0.29, 0.717) is 19.0 Å². The molecule has 6 heteroatoms. The number of hydrogen-bond donors (Lipinski definition) is 1. The molecule has 0 bridgehead atoms. The van der Waals surface area contributed by atoms with E-state index >= 15 is 0 Å². The van der Waals surface area contributed by atoms with Crippen LogP contribution in [0.1, 0.15) is 50.0 Å². The number of hydrogen-bond acceptors (Lipinski definition) is 4. The minimum absolute atomic E-state index is 0.0114. The van der Waals surface area contributed by atoms with Crippen LogP contribution in [0.2, 0.25) is 0 Å². The highest BCUT2D eigenvalue weighted by Gasteiger charge is 2.33. The Labute approximate surface area is 155 Å². The lowest BCUT2D eigenvalue weighted by Gasteiger charge is -2.38.